The van der Waals surface area contributed by atoms with Gasteiger partial charge in [-0.15, -0.1) is 0 Å². The fraction of sp³-hybridized carbons (Fsp3) is 0.125. The molecule has 0 radical (unpaired) electrons. The molecule has 3 rings (SSSR count). The Morgan fingerprint density at radius 1 is 1.24 bits per heavy atom. The molecule has 0 fully saturated rings. The molecule has 0 spiro atoms. The van der Waals surface area contributed by atoms with Crippen LogP contribution in [0.2, 0.25) is 0 Å². The summed E-state index contributed by atoms with van der Waals surface area (Å²) >= 11 is 0. The third-order valence-corrected chi connectivity index (χ3v) is 3.12. The highest BCUT2D eigenvalue weighted by atomic mass is 16.5. The van der Waals surface area contributed by atoms with E-state index in [4.69, 9.17) is 4.74 Å². The molecule has 0 saturated carbocycles. The van der Waals surface area contributed by atoms with Crippen molar-refractivity contribution in [3.05, 3.63) is 59.7 Å². The van der Waals surface area contributed by atoms with Crippen LogP contribution in [0.1, 0.15) is 15.9 Å². The van der Waals surface area contributed by atoms with Crippen molar-refractivity contribution in [3.8, 4) is 0 Å². The molecule has 0 saturated heterocycles. The Morgan fingerprint density at radius 3 is 2.90 bits per heavy atom. The Labute approximate surface area is 122 Å². The molecule has 0 aliphatic rings. The normalized spacial score (nSPS) is 10.7. The number of ether oxygens (including phenoxy) is 1. The van der Waals surface area contributed by atoms with E-state index in [0.29, 0.717) is 18.1 Å². The van der Waals surface area contributed by atoms with Crippen molar-refractivity contribution in [1.82, 2.24) is 9.97 Å². The van der Waals surface area contributed by atoms with Gasteiger partial charge in [0, 0.05) is 12.7 Å². The van der Waals surface area contributed by atoms with E-state index < -0.39 is 0 Å². The number of H-pyrrole nitrogens is 1. The van der Waals surface area contributed by atoms with E-state index in [1.807, 2.05) is 42.5 Å². The first kappa shape index (κ1) is 13.3. The zero-order valence-corrected chi connectivity index (χ0v) is 11.6. The van der Waals surface area contributed by atoms with Gasteiger partial charge in [-0.05, 0) is 29.8 Å². The number of anilines is 1. The van der Waals surface area contributed by atoms with Gasteiger partial charge in [-0.1, -0.05) is 24.3 Å². The Morgan fingerprint density at radius 2 is 2.10 bits per heavy atom. The first-order chi connectivity index (χ1) is 10.3. The highest BCUT2D eigenvalue weighted by molar-refractivity contribution is 6.04. The van der Waals surface area contributed by atoms with Gasteiger partial charge in [-0.3, -0.25) is 10.1 Å². The van der Waals surface area contributed by atoms with Crippen molar-refractivity contribution >= 4 is 22.9 Å². The molecule has 0 atom stereocenters. The predicted molar refractivity (Wildman–Crippen MR) is 81.2 cm³/mol. The molecule has 0 aliphatic carbocycles. The molecule has 5 heteroatoms. The van der Waals surface area contributed by atoms with Crippen LogP contribution in [0.4, 0.5) is 5.95 Å². The summed E-state index contributed by atoms with van der Waals surface area (Å²) in [5.74, 6) is 0.241. The van der Waals surface area contributed by atoms with E-state index in [1.54, 1.807) is 13.2 Å². The van der Waals surface area contributed by atoms with Gasteiger partial charge in [0.25, 0.3) is 5.91 Å². The van der Waals surface area contributed by atoms with Crippen LogP contribution in [-0.4, -0.2) is 23.0 Å². The van der Waals surface area contributed by atoms with E-state index in [1.165, 1.54) is 0 Å². The summed E-state index contributed by atoms with van der Waals surface area (Å²) in [4.78, 5) is 19.6. The van der Waals surface area contributed by atoms with Crippen LogP contribution < -0.4 is 5.32 Å². The van der Waals surface area contributed by atoms with Crippen LogP contribution >= 0.6 is 0 Å². The molecular weight excluding hydrogens is 266 g/mol. The third kappa shape index (κ3) is 2.93. The topological polar surface area (TPSA) is 67.0 Å². The summed E-state index contributed by atoms with van der Waals surface area (Å²) in [5, 5.41) is 2.77. The maximum absolute atomic E-state index is 12.2. The van der Waals surface area contributed by atoms with Gasteiger partial charge in [-0.2, -0.15) is 0 Å². The quantitative estimate of drug-likeness (QED) is 0.772. The van der Waals surface area contributed by atoms with E-state index >= 15 is 0 Å². The molecule has 1 heterocycles. The van der Waals surface area contributed by atoms with Gasteiger partial charge in [0.05, 0.1) is 17.6 Å². The van der Waals surface area contributed by atoms with E-state index in [0.717, 1.165) is 16.6 Å². The number of carbonyl (C=O) groups is 1. The number of hydrogen-bond acceptors (Lipinski definition) is 3. The molecule has 0 bridgehead atoms. The first-order valence-corrected chi connectivity index (χ1v) is 6.60. The highest BCUT2D eigenvalue weighted by Gasteiger charge is 2.09. The number of aromatic amines is 1. The van der Waals surface area contributed by atoms with Gasteiger partial charge >= 0.3 is 0 Å². The number of para-hydroxylation sites is 2. The second kappa shape index (κ2) is 5.76. The Kier molecular flexibility index (Phi) is 3.66. The molecule has 3 aromatic rings. The summed E-state index contributed by atoms with van der Waals surface area (Å²) in [7, 11) is 1.63. The molecule has 21 heavy (non-hydrogen) atoms. The number of imidazole rings is 1. The van der Waals surface area contributed by atoms with Crippen LogP contribution in [-0.2, 0) is 11.3 Å². The Balaban J connectivity index is 1.80. The van der Waals surface area contributed by atoms with E-state index in [9.17, 15) is 4.79 Å². The summed E-state index contributed by atoms with van der Waals surface area (Å²) in [6.45, 7) is 0.478. The number of aromatic nitrogens is 2. The van der Waals surface area contributed by atoms with Gasteiger partial charge in [0.1, 0.15) is 0 Å². The number of benzene rings is 2. The van der Waals surface area contributed by atoms with Crippen LogP contribution in [0.3, 0.4) is 0 Å². The largest absolute Gasteiger partial charge is 0.380 e. The lowest BCUT2D eigenvalue weighted by Gasteiger charge is -2.04. The van der Waals surface area contributed by atoms with Crippen LogP contribution in [0.15, 0.2) is 48.5 Å². The molecule has 1 aromatic heterocycles. The molecule has 0 unspecified atom stereocenters. The number of carbonyl (C=O) groups excluding carboxylic acids is 1. The number of fused-ring (bicyclic) bond motifs is 1. The predicted octanol–water partition coefficient (Wildman–Crippen LogP) is 2.96. The maximum atomic E-state index is 12.2. The number of nitrogens with one attached hydrogen (secondary N) is 2. The van der Waals surface area contributed by atoms with Gasteiger partial charge in [-0.25, -0.2) is 4.98 Å². The van der Waals surface area contributed by atoms with E-state index in [-0.39, 0.29) is 5.91 Å². The number of hydrogen-bond donors (Lipinski definition) is 2. The lowest BCUT2D eigenvalue weighted by molar-refractivity contribution is 0.102. The molecule has 0 aliphatic heterocycles. The van der Waals surface area contributed by atoms with Crippen molar-refractivity contribution in [2.24, 2.45) is 0 Å². The minimum Gasteiger partial charge on any atom is -0.380 e. The SMILES string of the molecule is COCc1cccc(C(=O)Nc2nc3ccccc3[nH]2)c1. The second-order valence-electron chi connectivity index (χ2n) is 4.69. The molecule has 2 aromatic carbocycles. The van der Waals surface area contributed by atoms with Crippen molar-refractivity contribution in [1.29, 1.82) is 0 Å². The Hall–Kier alpha value is -2.66. The van der Waals surface area contributed by atoms with Crippen molar-refractivity contribution < 1.29 is 9.53 Å². The van der Waals surface area contributed by atoms with Crippen LogP contribution in [0, 0.1) is 0 Å². The minimum atomic E-state index is -0.202. The molecule has 5 nitrogen and oxygen atoms in total. The van der Waals surface area contributed by atoms with Crippen LogP contribution in [0.25, 0.3) is 11.0 Å². The zero-order chi connectivity index (χ0) is 14.7. The van der Waals surface area contributed by atoms with Crippen molar-refractivity contribution in [3.63, 3.8) is 0 Å². The summed E-state index contributed by atoms with van der Waals surface area (Å²) in [6.07, 6.45) is 0. The average Bonchev–Trinajstić information content (AvgIpc) is 2.90. The molecular formula is C16H15N3O2. The minimum absolute atomic E-state index is 0.202. The van der Waals surface area contributed by atoms with Crippen LogP contribution in [0.5, 0.6) is 0 Å². The fourth-order valence-corrected chi connectivity index (χ4v) is 2.16. The van der Waals surface area contributed by atoms with Crippen molar-refractivity contribution in [2.75, 3.05) is 12.4 Å². The monoisotopic (exact) mass is 281 g/mol. The number of methoxy groups -OCH3 is 1. The van der Waals surface area contributed by atoms with Gasteiger partial charge < -0.3 is 9.72 Å². The maximum Gasteiger partial charge on any atom is 0.257 e. The highest BCUT2D eigenvalue weighted by Crippen LogP contribution is 2.14. The second-order valence-corrected chi connectivity index (χ2v) is 4.69. The fourth-order valence-electron chi connectivity index (χ4n) is 2.16. The Bertz CT molecular complexity index is 747. The molecule has 106 valence electrons. The summed E-state index contributed by atoms with van der Waals surface area (Å²) in [5.41, 5.74) is 3.24. The van der Waals surface area contributed by atoms with Crippen molar-refractivity contribution in [2.45, 2.75) is 6.61 Å². The summed E-state index contributed by atoms with van der Waals surface area (Å²) in [6, 6.07) is 14.9. The molecule has 2 N–H and O–H groups in total. The average molecular weight is 281 g/mol. The van der Waals surface area contributed by atoms with Gasteiger partial charge in [0.2, 0.25) is 5.95 Å². The number of amides is 1. The first-order valence-electron chi connectivity index (χ1n) is 6.60. The van der Waals surface area contributed by atoms with Gasteiger partial charge in [0.15, 0.2) is 0 Å². The number of rotatable bonds is 4. The van der Waals surface area contributed by atoms with E-state index in [2.05, 4.69) is 15.3 Å². The smallest absolute Gasteiger partial charge is 0.257 e. The summed E-state index contributed by atoms with van der Waals surface area (Å²) < 4.78 is 5.07. The zero-order valence-electron chi connectivity index (χ0n) is 11.6. The third-order valence-electron chi connectivity index (χ3n) is 3.12. The lowest BCUT2D eigenvalue weighted by Crippen LogP contribution is -2.13. The standard InChI is InChI=1S/C16H15N3O2/c1-21-10-11-5-4-6-12(9-11)15(20)19-16-17-13-7-2-3-8-14(13)18-16/h2-9H,10H2,1H3,(H2,17,18,19,20). The molecule has 1 amide bonds. The number of nitrogens with zero attached hydrogens (tertiary/aromatic N) is 1. The lowest BCUT2D eigenvalue weighted by atomic mass is 10.1.